The second-order valence-corrected chi connectivity index (χ2v) is 8.10. The van der Waals surface area contributed by atoms with Gasteiger partial charge >= 0.3 is 0 Å². The minimum atomic E-state index is -3.34. The lowest BCUT2D eigenvalue weighted by molar-refractivity contribution is 0.0943. The van der Waals surface area contributed by atoms with Crippen LogP contribution < -0.4 is 10.0 Å². The molecule has 0 aliphatic heterocycles. The molecule has 0 radical (unpaired) electrons. The molecular weight excluding hydrogens is 368 g/mol. The Hall–Kier alpha value is -0.630. The molecule has 0 fully saturated rings. The van der Waals surface area contributed by atoms with Crippen molar-refractivity contribution < 1.29 is 13.2 Å². The van der Waals surface area contributed by atoms with Crippen molar-refractivity contribution in [2.45, 2.75) is 19.4 Å². The first kappa shape index (κ1) is 17.4. The van der Waals surface area contributed by atoms with E-state index in [0.717, 1.165) is 6.26 Å². The monoisotopic (exact) mass is 382 g/mol. The lowest BCUT2D eigenvalue weighted by Crippen LogP contribution is -2.51. The van der Waals surface area contributed by atoms with E-state index in [1.54, 1.807) is 32.0 Å². The van der Waals surface area contributed by atoms with Gasteiger partial charge in [0.2, 0.25) is 10.0 Å². The molecule has 0 aliphatic carbocycles. The van der Waals surface area contributed by atoms with Crippen LogP contribution in [0.15, 0.2) is 22.7 Å². The molecule has 1 amide bonds. The highest BCUT2D eigenvalue weighted by atomic mass is 79.9. The Bertz CT molecular complexity index is 617. The first-order valence-corrected chi connectivity index (χ1v) is 8.79. The molecule has 0 spiro atoms. The highest BCUT2D eigenvalue weighted by Crippen LogP contribution is 2.21. The van der Waals surface area contributed by atoms with Gasteiger partial charge in [0.15, 0.2) is 0 Å². The van der Waals surface area contributed by atoms with Crippen LogP contribution >= 0.6 is 27.5 Å². The van der Waals surface area contributed by atoms with Crippen LogP contribution in [-0.2, 0) is 10.0 Å². The van der Waals surface area contributed by atoms with Crippen LogP contribution in [0.5, 0.6) is 0 Å². The molecule has 0 heterocycles. The van der Waals surface area contributed by atoms with Crippen LogP contribution in [-0.4, -0.2) is 32.7 Å². The van der Waals surface area contributed by atoms with E-state index in [4.69, 9.17) is 11.6 Å². The summed E-state index contributed by atoms with van der Waals surface area (Å²) in [7, 11) is -3.34. The van der Waals surface area contributed by atoms with Crippen LogP contribution in [0.1, 0.15) is 24.2 Å². The molecule has 0 aromatic heterocycles. The predicted molar refractivity (Wildman–Crippen MR) is 83.5 cm³/mol. The number of nitrogens with one attached hydrogen (secondary N) is 2. The number of rotatable bonds is 5. The number of carbonyl (C=O) groups excluding carboxylic acids is 1. The van der Waals surface area contributed by atoms with Crippen molar-refractivity contribution in [3.05, 3.63) is 33.3 Å². The third-order valence-corrected chi connectivity index (χ3v) is 4.14. The Labute approximate surface area is 132 Å². The molecule has 0 bridgehead atoms. The molecule has 0 saturated carbocycles. The van der Waals surface area contributed by atoms with E-state index in [-0.39, 0.29) is 12.5 Å². The third kappa shape index (κ3) is 5.78. The van der Waals surface area contributed by atoms with Gasteiger partial charge in [0, 0.05) is 21.6 Å². The fraction of sp³-hybridized carbons (Fsp3) is 0.417. The van der Waals surface area contributed by atoms with Crippen molar-refractivity contribution in [2.24, 2.45) is 0 Å². The summed E-state index contributed by atoms with van der Waals surface area (Å²) >= 11 is 9.07. The fourth-order valence-electron chi connectivity index (χ4n) is 1.61. The molecular formula is C12H16BrClN2O3S. The van der Waals surface area contributed by atoms with Gasteiger partial charge in [0.25, 0.3) is 5.91 Å². The van der Waals surface area contributed by atoms with Gasteiger partial charge < -0.3 is 5.32 Å². The van der Waals surface area contributed by atoms with Crippen molar-refractivity contribution in [1.29, 1.82) is 0 Å². The van der Waals surface area contributed by atoms with Crippen LogP contribution in [0, 0.1) is 0 Å². The van der Waals surface area contributed by atoms with Crippen molar-refractivity contribution >= 4 is 43.5 Å². The van der Waals surface area contributed by atoms with Crippen molar-refractivity contribution in [2.75, 3.05) is 12.8 Å². The Kier molecular flexibility index (Phi) is 5.60. The van der Waals surface area contributed by atoms with Crippen molar-refractivity contribution in [3.8, 4) is 0 Å². The van der Waals surface area contributed by atoms with Gasteiger partial charge in [-0.2, -0.15) is 0 Å². The Morgan fingerprint density at radius 1 is 1.40 bits per heavy atom. The summed E-state index contributed by atoms with van der Waals surface area (Å²) in [6, 6.07) is 4.83. The van der Waals surface area contributed by atoms with E-state index in [0.29, 0.717) is 15.1 Å². The number of carbonyl (C=O) groups is 1. The number of hydrogen-bond acceptors (Lipinski definition) is 3. The second-order valence-electron chi connectivity index (χ2n) is 5.06. The van der Waals surface area contributed by atoms with Gasteiger partial charge in [-0.25, -0.2) is 13.1 Å². The van der Waals surface area contributed by atoms with Gasteiger partial charge in [-0.05, 0) is 48.0 Å². The smallest absolute Gasteiger partial charge is 0.252 e. The van der Waals surface area contributed by atoms with Crippen molar-refractivity contribution in [1.82, 2.24) is 10.0 Å². The third-order valence-electron chi connectivity index (χ3n) is 2.33. The average Bonchev–Trinajstić information content (AvgIpc) is 2.22. The Balaban J connectivity index is 2.72. The van der Waals surface area contributed by atoms with Gasteiger partial charge in [0.05, 0.1) is 11.8 Å². The molecule has 0 saturated heterocycles. The Morgan fingerprint density at radius 3 is 2.50 bits per heavy atom. The van der Waals surface area contributed by atoms with Gasteiger partial charge in [0.1, 0.15) is 0 Å². The lowest BCUT2D eigenvalue weighted by atomic mass is 10.1. The first-order valence-electron chi connectivity index (χ1n) is 5.72. The summed E-state index contributed by atoms with van der Waals surface area (Å²) in [6.07, 6.45) is 1.08. The normalized spacial score (nSPS) is 12.2. The van der Waals surface area contributed by atoms with Gasteiger partial charge in [-0.15, -0.1) is 0 Å². The largest absolute Gasteiger partial charge is 0.350 e. The van der Waals surface area contributed by atoms with Gasteiger partial charge in [-0.3, -0.25) is 4.79 Å². The summed E-state index contributed by atoms with van der Waals surface area (Å²) in [5.41, 5.74) is -0.341. The maximum absolute atomic E-state index is 12.0. The zero-order chi connectivity index (χ0) is 15.6. The highest BCUT2D eigenvalue weighted by Gasteiger charge is 2.23. The summed E-state index contributed by atoms with van der Waals surface area (Å²) in [6.45, 7) is 3.53. The maximum Gasteiger partial charge on any atom is 0.252 e. The number of sulfonamides is 1. The molecule has 2 N–H and O–H groups in total. The SMILES string of the molecule is CC(C)(CNC(=O)c1ccc(Cl)cc1Br)NS(C)(=O)=O. The summed E-state index contributed by atoms with van der Waals surface area (Å²) in [5.74, 6) is -0.308. The molecule has 1 aromatic carbocycles. The average molecular weight is 384 g/mol. The molecule has 1 rings (SSSR count). The molecule has 20 heavy (non-hydrogen) atoms. The van der Waals surface area contributed by atoms with E-state index in [1.807, 2.05) is 0 Å². The molecule has 5 nitrogen and oxygen atoms in total. The summed E-state index contributed by atoms with van der Waals surface area (Å²) in [5, 5.41) is 3.20. The van der Waals surface area contributed by atoms with E-state index in [2.05, 4.69) is 26.0 Å². The zero-order valence-corrected chi connectivity index (χ0v) is 14.5. The molecule has 8 heteroatoms. The fourth-order valence-corrected chi connectivity index (χ4v) is 3.55. The van der Waals surface area contributed by atoms with Crippen LogP contribution in [0.3, 0.4) is 0 Å². The number of amides is 1. The van der Waals surface area contributed by atoms with Crippen LogP contribution in [0.25, 0.3) is 0 Å². The zero-order valence-electron chi connectivity index (χ0n) is 11.3. The lowest BCUT2D eigenvalue weighted by Gasteiger charge is -2.25. The summed E-state index contributed by atoms with van der Waals surface area (Å²) < 4.78 is 25.4. The van der Waals surface area contributed by atoms with Crippen molar-refractivity contribution in [3.63, 3.8) is 0 Å². The molecule has 0 atom stereocenters. The van der Waals surface area contributed by atoms with E-state index in [9.17, 15) is 13.2 Å². The van der Waals surface area contributed by atoms with Gasteiger partial charge in [-0.1, -0.05) is 11.6 Å². The predicted octanol–water partition coefficient (Wildman–Crippen LogP) is 2.16. The van der Waals surface area contributed by atoms with E-state index >= 15 is 0 Å². The van der Waals surface area contributed by atoms with Crippen LogP contribution in [0.4, 0.5) is 0 Å². The van der Waals surface area contributed by atoms with Crippen LogP contribution in [0.2, 0.25) is 5.02 Å². The minimum absolute atomic E-state index is 0.161. The quantitative estimate of drug-likeness (QED) is 0.818. The molecule has 112 valence electrons. The number of hydrogen-bond donors (Lipinski definition) is 2. The van der Waals surface area contributed by atoms with E-state index in [1.165, 1.54) is 0 Å². The number of benzene rings is 1. The first-order chi connectivity index (χ1) is 9.00. The Morgan fingerprint density at radius 2 is 2.00 bits per heavy atom. The number of halogens is 2. The highest BCUT2D eigenvalue weighted by molar-refractivity contribution is 9.10. The standard InChI is InChI=1S/C12H16BrClN2O3S/c1-12(2,16-20(3,18)19)7-15-11(17)9-5-4-8(14)6-10(9)13/h4-6,16H,7H2,1-3H3,(H,15,17). The maximum atomic E-state index is 12.0. The topological polar surface area (TPSA) is 75.3 Å². The van der Waals surface area contributed by atoms with E-state index < -0.39 is 15.6 Å². The second kappa shape index (κ2) is 6.43. The molecule has 0 aliphatic rings. The summed E-state index contributed by atoms with van der Waals surface area (Å²) in [4.78, 5) is 12.0. The molecule has 0 unspecified atom stereocenters. The minimum Gasteiger partial charge on any atom is -0.350 e. The molecule has 1 aromatic rings.